The maximum Gasteiger partial charge on any atom is 0.254 e. The number of phenols is 1. The second-order valence-corrected chi connectivity index (χ2v) is 6.91. The molecule has 7 nitrogen and oxygen atoms in total. The van der Waals surface area contributed by atoms with E-state index in [0.29, 0.717) is 12.1 Å². The Morgan fingerprint density at radius 2 is 2.16 bits per heavy atom. The molecule has 0 aliphatic carbocycles. The number of benzene rings is 1. The predicted octanol–water partition coefficient (Wildman–Crippen LogP) is 1.60. The van der Waals surface area contributed by atoms with Gasteiger partial charge in [-0.15, -0.1) is 10.2 Å². The molecule has 1 amide bonds. The van der Waals surface area contributed by atoms with Crippen molar-refractivity contribution in [1.82, 2.24) is 24.6 Å². The summed E-state index contributed by atoms with van der Waals surface area (Å²) in [5, 5.41) is 18.3. The third kappa shape index (κ3) is 3.82. The fourth-order valence-corrected chi connectivity index (χ4v) is 3.35. The first-order valence-corrected chi connectivity index (χ1v) is 8.57. The van der Waals surface area contributed by atoms with Crippen LogP contribution in [-0.2, 0) is 13.6 Å². The van der Waals surface area contributed by atoms with Crippen LogP contribution in [-0.4, -0.2) is 62.8 Å². The van der Waals surface area contributed by atoms with Gasteiger partial charge in [-0.2, -0.15) is 0 Å². The third-order valence-corrected chi connectivity index (χ3v) is 4.62. The molecular weight excluding hydrogens is 318 g/mol. The predicted molar refractivity (Wildman–Crippen MR) is 94.4 cm³/mol. The van der Waals surface area contributed by atoms with Crippen LogP contribution in [0.4, 0.5) is 0 Å². The number of aromatic hydroxyl groups is 1. The number of amides is 1. The van der Waals surface area contributed by atoms with Crippen LogP contribution in [0.3, 0.4) is 0 Å². The maximum atomic E-state index is 12.7. The van der Waals surface area contributed by atoms with Gasteiger partial charge in [0.1, 0.15) is 17.4 Å². The van der Waals surface area contributed by atoms with Crippen LogP contribution in [0, 0.1) is 0 Å². The van der Waals surface area contributed by atoms with Crippen molar-refractivity contribution in [2.24, 2.45) is 7.05 Å². The Labute approximate surface area is 147 Å². The molecule has 2 heterocycles. The summed E-state index contributed by atoms with van der Waals surface area (Å²) in [5.41, 5.74) is 0.520. The molecule has 7 heteroatoms. The fourth-order valence-electron chi connectivity index (χ4n) is 3.35. The molecule has 1 N–H and O–H groups in total. The summed E-state index contributed by atoms with van der Waals surface area (Å²) in [5.74, 6) is 2.11. The Bertz CT molecular complexity index is 756. The van der Waals surface area contributed by atoms with E-state index >= 15 is 0 Å². The lowest BCUT2D eigenvalue weighted by Gasteiger charge is -2.32. The quantitative estimate of drug-likeness (QED) is 0.913. The van der Waals surface area contributed by atoms with Gasteiger partial charge in [0.25, 0.3) is 5.91 Å². The van der Waals surface area contributed by atoms with Crippen molar-refractivity contribution in [1.29, 1.82) is 0 Å². The SMILES string of the molecule is CN(C)Cc1nnc(C2CCCN(C(=O)c3cccc(O)c3)C2)n1C. The smallest absolute Gasteiger partial charge is 0.254 e. The molecule has 0 radical (unpaired) electrons. The summed E-state index contributed by atoms with van der Waals surface area (Å²) in [6.07, 6.45) is 1.93. The van der Waals surface area contributed by atoms with E-state index in [1.54, 1.807) is 18.2 Å². The van der Waals surface area contributed by atoms with Crippen molar-refractivity contribution in [3.63, 3.8) is 0 Å². The van der Waals surface area contributed by atoms with Gasteiger partial charge < -0.3 is 19.5 Å². The Morgan fingerprint density at radius 3 is 2.88 bits per heavy atom. The molecule has 134 valence electrons. The summed E-state index contributed by atoms with van der Waals surface area (Å²) in [6, 6.07) is 6.52. The number of hydrogen-bond acceptors (Lipinski definition) is 5. The minimum absolute atomic E-state index is 0.0451. The van der Waals surface area contributed by atoms with Crippen molar-refractivity contribution in [2.75, 3.05) is 27.2 Å². The average molecular weight is 343 g/mol. The summed E-state index contributed by atoms with van der Waals surface area (Å²) in [7, 11) is 6.00. The zero-order valence-corrected chi connectivity index (χ0v) is 15.0. The zero-order chi connectivity index (χ0) is 18.0. The van der Waals surface area contributed by atoms with E-state index in [0.717, 1.165) is 37.6 Å². The topological polar surface area (TPSA) is 74.5 Å². The first-order chi connectivity index (χ1) is 12.0. The van der Waals surface area contributed by atoms with E-state index in [1.807, 2.05) is 30.6 Å². The lowest BCUT2D eigenvalue weighted by Crippen LogP contribution is -2.39. The first kappa shape index (κ1) is 17.4. The van der Waals surface area contributed by atoms with Crippen molar-refractivity contribution in [3.05, 3.63) is 41.5 Å². The molecule has 25 heavy (non-hydrogen) atoms. The minimum Gasteiger partial charge on any atom is -0.508 e. The van der Waals surface area contributed by atoms with Crippen LogP contribution in [0.25, 0.3) is 0 Å². The molecule has 0 bridgehead atoms. The van der Waals surface area contributed by atoms with Crippen LogP contribution in [0.15, 0.2) is 24.3 Å². The van der Waals surface area contributed by atoms with Gasteiger partial charge in [-0.25, -0.2) is 0 Å². The second-order valence-electron chi connectivity index (χ2n) is 6.91. The van der Waals surface area contributed by atoms with Gasteiger partial charge in [0.05, 0.1) is 6.54 Å². The van der Waals surface area contributed by atoms with Crippen LogP contribution < -0.4 is 0 Å². The van der Waals surface area contributed by atoms with Crippen LogP contribution in [0.5, 0.6) is 5.75 Å². The molecule has 1 aromatic carbocycles. The molecule has 2 aromatic rings. The Hall–Kier alpha value is -2.41. The maximum absolute atomic E-state index is 12.7. The van der Waals surface area contributed by atoms with Crippen molar-refractivity contribution in [3.8, 4) is 5.75 Å². The van der Waals surface area contributed by atoms with Gasteiger partial charge in [-0.1, -0.05) is 6.07 Å². The van der Waals surface area contributed by atoms with Crippen molar-refractivity contribution < 1.29 is 9.90 Å². The van der Waals surface area contributed by atoms with Crippen LogP contribution >= 0.6 is 0 Å². The number of likely N-dealkylation sites (tertiary alicyclic amines) is 1. The van der Waals surface area contributed by atoms with E-state index in [1.165, 1.54) is 6.07 Å². The zero-order valence-electron chi connectivity index (χ0n) is 15.0. The van der Waals surface area contributed by atoms with E-state index < -0.39 is 0 Å². The molecular formula is C18H25N5O2. The number of phenolic OH excluding ortho intramolecular Hbond substituents is 1. The lowest BCUT2D eigenvalue weighted by atomic mass is 9.96. The monoisotopic (exact) mass is 343 g/mol. The van der Waals surface area contributed by atoms with Crippen LogP contribution in [0.1, 0.15) is 40.8 Å². The van der Waals surface area contributed by atoms with Crippen molar-refractivity contribution >= 4 is 5.91 Å². The molecule has 3 rings (SSSR count). The lowest BCUT2D eigenvalue weighted by molar-refractivity contribution is 0.0703. The Kier molecular flexibility index (Phi) is 5.03. The molecule has 1 saturated heterocycles. The van der Waals surface area contributed by atoms with Gasteiger partial charge in [-0.05, 0) is 45.1 Å². The normalized spacial score (nSPS) is 17.9. The van der Waals surface area contributed by atoms with E-state index in [2.05, 4.69) is 15.1 Å². The van der Waals surface area contributed by atoms with Gasteiger partial charge in [0.15, 0.2) is 0 Å². The fraction of sp³-hybridized carbons (Fsp3) is 0.500. The minimum atomic E-state index is -0.0451. The van der Waals surface area contributed by atoms with Gasteiger partial charge >= 0.3 is 0 Å². The summed E-state index contributed by atoms with van der Waals surface area (Å²) < 4.78 is 2.05. The largest absolute Gasteiger partial charge is 0.508 e. The van der Waals surface area contributed by atoms with Gasteiger partial charge in [-0.3, -0.25) is 4.79 Å². The number of carbonyl (C=O) groups is 1. The Morgan fingerprint density at radius 1 is 1.36 bits per heavy atom. The molecule has 0 spiro atoms. The number of hydrogen-bond donors (Lipinski definition) is 1. The van der Waals surface area contributed by atoms with Gasteiger partial charge in [0.2, 0.25) is 0 Å². The average Bonchev–Trinajstić information content (AvgIpc) is 2.94. The molecule has 1 atom stereocenters. The summed E-state index contributed by atoms with van der Waals surface area (Å²) >= 11 is 0. The highest BCUT2D eigenvalue weighted by atomic mass is 16.3. The number of carbonyl (C=O) groups excluding carboxylic acids is 1. The third-order valence-electron chi connectivity index (χ3n) is 4.62. The highest BCUT2D eigenvalue weighted by Crippen LogP contribution is 2.27. The first-order valence-electron chi connectivity index (χ1n) is 8.57. The van der Waals surface area contributed by atoms with Crippen molar-refractivity contribution in [2.45, 2.75) is 25.3 Å². The summed E-state index contributed by atoms with van der Waals surface area (Å²) in [4.78, 5) is 16.6. The Balaban J connectivity index is 1.75. The second kappa shape index (κ2) is 7.23. The van der Waals surface area contributed by atoms with Gasteiger partial charge in [0, 0.05) is 31.6 Å². The van der Waals surface area contributed by atoms with Crippen LogP contribution in [0.2, 0.25) is 0 Å². The number of nitrogens with zero attached hydrogens (tertiary/aromatic N) is 5. The highest BCUT2D eigenvalue weighted by Gasteiger charge is 2.29. The van der Waals surface area contributed by atoms with E-state index in [9.17, 15) is 9.90 Å². The van der Waals surface area contributed by atoms with E-state index in [-0.39, 0.29) is 17.6 Å². The highest BCUT2D eigenvalue weighted by molar-refractivity contribution is 5.94. The molecule has 1 fully saturated rings. The standard InChI is InChI=1S/C18H25N5O2/c1-21(2)12-16-19-20-17(22(16)3)14-7-5-9-23(11-14)18(25)13-6-4-8-15(24)10-13/h4,6,8,10,14,24H,5,7,9,11-12H2,1-3H3. The number of piperidine rings is 1. The molecule has 1 aliphatic heterocycles. The molecule has 0 saturated carbocycles. The molecule has 1 unspecified atom stereocenters. The summed E-state index contributed by atoms with van der Waals surface area (Å²) in [6.45, 7) is 2.10. The van der Waals surface area contributed by atoms with E-state index in [4.69, 9.17) is 0 Å². The molecule has 1 aromatic heterocycles. The number of aromatic nitrogens is 3. The molecule has 1 aliphatic rings. The number of rotatable bonds is 4.